The van der Waals surface area contributed by atoms with E-state index in [4.69, 9.17) is 17.0 Å². The number of pyridine rings is 1. The van der Waals surface area contributed by atoms with Crippen molar-refractivity contribution < 1.29 is 24.9 Å². The van der Waals surface area contributed by atoms with Crippen LogP contribution < -0.4 is 16.0 Å². The highest BCUT2D eigenvalue weighted by molar-refractivity contribution is 6.30. The Kier molecular flexibility index (Phi) is 10.6. The number of benzene rings is 2. The second kappa shape index (κ2) is 14.6. The molecule has 2 amide bonds. The number of phenols is 1. The lowest BCUT2D eigenvalue weighted by atomic mass is 10.0. The second-order valence-corrected chi connectivity index (χ2v) is 10.2. The molecular weight excluding hydrogens is 560 g/mol. The largest absolute Gasteiger partial charge is 0.506 e. The Labute approximate surface area is 248 Å². The summed E-state index contributed by atoms with van der Waals surface area (Å²) in [5.74, 6) is -0.790. The van der Waals surface area contributed by atoms with Crippen LogP contribution in [0.4, 0.5) is 11.5 Å². The molecule has 0 spiro atoms. The SMILES string of the molecule is N=C/C=C(\C(=O)NCCN1CCC(O)CC1)c1ccc(C(=O)Nc2c(O)cccc2C(O)Nc2ccc(Cl)cn2)cc1. The lowest BCUT2D eigenvalue weighted by Gasteiger charge is -2.29. The minimum Gasteiger partial charge on any atom is -0.506 e. The molecule has 3 aromatic rings. The summed E-state index contributed by atoms with van der Waals surface area (Å²) >= 11 is 5.86. The van der Waals surface area contributed by atoms with Crippen LogP contribution in [0, 0.1) is 5.41 Å². The van der Waals surface area contributed by atoms with Crippen molar-refractivity contribution in [2.24, 2.45) is 0 Å². The van der Waals surface area contributed by atoms with E-state index in [1.807, 2.05) is 0 Å². The predicted molar refractivity (Wildman–Crippen MR) is 162 cm³/mol. The van der Waals surface area contributed by atoms with Crippen LogP contribution in [0.3, 0.4) is 0 Å². The first-order chi connectivity index (χ1) is 20.2. The number of hydrogen-bond acceptors (Lipinski definition) is 9. The highest BCUT2D eigenvalue weighted by Gasteiger charge is 2.20. The maximum Gasteiger partial charge on any atom is 0.255 e. The molecule has 0 saturated carbocycles. The molecule has 0 bridgehead atoms. The molecule has 2 aromatic carbocycles. The first-order valence-electron chi connectivity index (χ1n) is 13.4. The number of aromatic hydroxyl groups is 1. The summed E-state index contributed by atoms with van der Waals surface area (Å²) in [6.45, 7) is 2.63. The average molecular weight is 593 g/mol. The Morgan fingerprint density at radius 3 is 2.48 bits per heavy atom. The number of halogens is 1. The van der Waals surface area contributed by atoms with Gasteiger partial charge >= 0.3 is 0 Å². The third-order valence-electron chi connectivity index (χ3n) is 6.84. The van der Waals surface area contributed by atoms with E-state index in [1.165, 1.54) is 36.5 Å². The zero-order valence-corrected chi connectivity index (χ0v) is 23.5. The number of hydrogen-bond donors (Lipinski definition) is 7. The standard InChI is InChI=1S/C30H33ClN6O5/c31-21-8-9-26(34-18-21)35-30(42)24-2-1-3-25(39)27(24)36-28(40)20-6-4-19(5-7-20)23(10-13-32)29(41)33-14-17-37-15-11-22(38)12-16-37/h1-10,13,18,22,30,32,38-39,42H,11-12,14-17H2,(H,33,41)(H,34,35)(H,36,40)/b23-10-,32-13?. The van der Waals surface area contributed by atoms with Crippen LogP contribution in [0.15, 0.2) is 66.9 Å². The van der Waals surface area contributed by atoms with Crippen LogP contribution in [0.2, 0.25) is 5.02 Å². The molecule has 1 fully saturated rings. The van der Waals surface area contributed by atoms with Crippen LogP contribution in [-0.2, 0) is 4.79 Å². The summed E-state index contributed by atoms with van der Waals surface area (Å²) in [5.41, 5.74) is 1.28. The highest BCUT2D eigenvalue weighted by atomic mass is 35.5. The molecule has 1 aromatic heterocycles. The van der Waals surface area contributed by atoms with Gasteiger partial charge in [0.2, 0.25) is 0 Å². The number of rotatable bonds is 11. The summed E-state index contributed by atoms with van der Waals surface area (Å²) < 4.78 is 0. The molecule has 4 rings (SSSR count). The number of anilines is 2. The number of piperidine rings is 1. The molecule has 2 heterocycles. The highest BCUT2D eigenvalue weighted by Crippen LogP contribution is 2.32. The molecule has 11 nitrogen and oxygen atoms in total. The van der Waals surface area contributed by atoms with E-state index >= 15 is 0 Å². The van der Waals surface area contributed by atoms with Crippen molar-refractivity contribution >= 4 is 46.7 Å². The van der Waals surface area contributed by atoms with Crippen LogP contribution in [0.1, 0.15) is 40.6 Å². The fourth-order valence-corrected chi connectivity index (χ4v) is 4.65. The molecular formula is C30H33ClN6O5. The number of carbonyl (C=O) groups excluding carboxylic acids is 2. The fraction of sp³-hybridized carbons (Fsp3) is 0.267. The van der Waals surface area contributed by atoms with Crippen molar-refractivity contribution in [1.82, 2.24) is 15.2 Å². The maximum atomic E-state index is 13.1. The Morgan fingerprint density at radius 2 is 1.81 bits per heavy atom. The molecule has 220 valence electrons. The molecule has 0 radical (unpaired) electrons. The van der Waals surface area contributed by atoms with Crippen molar-refractivity contribution in [2.45, 2.75) is 25.2 Å². The predicted octanol–water partition coefficient (Wildman–Crippen LogP) is 3.40. The van der Waals surface area contributed by atoms with Gasteiger partial charge in [0.05, 0.1) is 16.8 Å². The lowest BCUT2D eigenvalue weighted by Crippen LogP contribution is -2.40. The Hall–Kier alpha value is -4.29. The number of amides is 2. The molecule has 1 aliphatic heterocycles. The van der Waals surface area contributed by atoms with Crippen molar-refractivity contribution in [3.63, 3.8) is 0 Å². The topological polar surface area (TPSA) is 171 Å². The molecule has 0 aliphatic carbocycles. The second-order valence-electron chi connectivity index (χ2n) is 9.76. The smallest absolute Gasteiger partial charge is 0.255 e. The van der Waals surface area contributed by atoms with E-state index in [0.29, 0.717) is 29.5 Å². The third kappa shape index (κ3) is 8.14. The summed E-state index contributed by atoms with van der Waals surface area (Å²) in [6, 6.07) is 13.9. The first kappa shape index (κ1) is 30.7. The Morgan fingerprint density at radius 1 is 1.10 bits per heavy atom. The zero-order valence-electron chi connectivity index (χ0n) is 22.8. The number of allylic oxidation sites excluding steroid dienone is 1. The van der Waals surface area contributed by atoms with Crippen molar-refractivity contribution in [3.05, 3.63) is 88.6 Å². The quantitative estimate of drug-likeness (QED) is 0.0768. The summed E-state index contributed by atoms with van der Waals surface area (Å²) in [6.07, 6.45) is 3.70. The van der Waals surface area contributed by atoms with Gasteiger partial charge in [-0.25, -0.2) is 4.98 Å². The van der Waals surface area contributed by atoms with Gasteiger partial charge < -0.3 is 41.6 Å². The van der Waals surface area contributed by atoms with Gasteiger partial charge in [-0.3, -0.25) is 9.59 Å². The number of carbonyl (C=O) groups is 2. The van der Waals surface area contributed by atoms with Gasteiger partial charge in [-0.05, 0) is 54.8 Å². The number of likely N-dealkylation sites (tertiary alicyclic amines) is 1. The van der Waals surface area contributed by atoms with Gasteiger partial charge in [-0.15, -0.1) is 0 Å². The molecule has 1 atom stereocenters. The van der Waals surface area contributed by atoms with E-state index in [-0.39, 0.29) is 40.1 Å². The van der Waals surface area contributed by atoms with Gasteiger partial charge in [0.25, 0.3) is 11.8 Å². The van der Waals surface area contributed by atoms with Crippen molar-refractivity contribution in [2.75, 3.05) is 36.8 Å². The number of aromatic nitrogens is 1. The minimum atomic E-state index is -1.31. The van der Waals surface area contributed by atoms with Crippen molar-refractivity contribution in [3.8, 4) is 5.75 Å². The zero-order chi connectivity index (χ0) is 30.1. The summed E-state index contributed by atoms with van der Waals surface area (Å²) in [4.78, 5) is 32.2. The number of para-hydroxylation sites is 1. The van der Waals surface area contributed by atoms with E-state index in [2.05, 4.69) is 25.8 Å². The minimum absolute atomic E-state index is 0.0209. The van der Waals surface area contributed by atoms with Gasteiger partial charge in [0, 0.05) is 55.3 Å². The number of nitrogens with one attached hydrogen (secondary N) is 4. The number of nitrogens with zero attached hydrogens (tertiary/aromatic N) is 2. The van der Waals surface area contributed by atoms with Gasteiger partial charge in [-0.1, -0.05) is 35.9 Å². The summed E-state index contributed by atoms with van der Waals surface area (Å²) in [5, 5.41) is 47.1. The van der Waals surface area contributed by atoms with E-state index in [9.17, 15) is 24.9 Å². The number of phenolic OH excluding ortho intramolecular Hbond substituents is 1. The molecule has 1 unspecified atom stereocenters. The van der Waals surface area contributed by atoms with Crippen LogP contribution in [-0.4, -0.2) is 75.5 Å². The Balaban J connectivity index is 1.41. The van der Waals surface area contributed by atoms with Gasteiger partial charge in [-0.2, -0.15) is 0 Å². The van der Waals surface area contributed by atoms with Crippen molar-refractivity contribution in [1.29, 1.82) is 5.41 Å². The van der Waals surface area contributed by atoms with Crippen LogP contribution in [0.25, 0.3) is 5.57 Å². The van der Waals surface area contributed by atoms with Crippen LogP contribution in [0.5, 0.6) is 5.75 Å². The lowest BCUT2D eigenvalue weighted by molar-refractivity contribution is -0.115. The molecule has 12 heteroatoms. The fourth-order valence-electron chi connectivity index (χ4n) is 4.54. The number of aliphatic hydroxyl groups is 2. The number of aliphatic hydroxyl groups excluding tert-OH is 2. The molecule has 42 heavy (non-hydrogen) atoms. The third-order valence-corrected chi connectivity index (χ3v) is 7.07. The van der Waals surface area contributed by atoms with E-state index in [1.54, 1.807) is 30.3 Å². The van der Waals surface area contributed by atoms with Crippen LogP contribution >= 0.6 is 11.6 Å². The van der Waals surface area contributed by atoms with E-state index in [0.717, 1.165) is 32.1 Å². The maximum absolute atomic E-state index is 13.1. The molecule has 1 saturated heterocycles. The Bertz CT molecular complexity index is 1420. The first-order valence-corrected chi connectivity index (χ1v) is 13.8. The van der Waals surface area contributed by atoms with Gasteiger partial charge in [0.15, 0.2) is 6.23 Å². The molecule has 1 aliphatic rings. The summed E-state index contributed by atoms with van der Waals surface area (Å²) in [7, 11) is 0. The monoisotopic (exact) mass is 592 g/mol. The molecule has 7 N–H and O–H groups in total. The van der Waals surface area contributed by atoms with E-state index < -0.39 is 12.1 Å². The average Bonchev–Trinajstić information content (AvgIpc) is 2.99. The normalized spacial score (nSPS) is 15.1. The van der Waals surface area contributed by atoms with Gasteiger partial charge in [0.1, 0.15) is 11.6 Å².